The lowest BCUT2D eigenvalue weighted by molar-refractivity contribution is 0.103. The maximum absolute atomic E-state index is 13.2. The van der Waals surface area contributed by atoms with Crippen LogP contribution in [0.3, 0.4) is 0 Å². The van der Waals surface area contributed by atoms with Crippen molar-refractivity contribution in [3.05, 3.63) is 53.6 Å². The number of ether oxygens (including phenoxy) is 3. The molecule has 0 aliphatic heterocycles. The molecular weight excluding hydrogens is 388 g/mol. The van der Waals surface area contributed by atoms with Crippen LogP contribution in [0.1, 0.15) is 87.1 Å². The molecule has 2 aromatic rings. The van der Waals surface area contributed by atoms with Crippen molar-refractivity contribution in [3.8, 4) is 17.2 Å². The van der Waals surface area contributed by atoms with Crippen LogP contribution >= 0.6 is 0 Å². The molecule has 0 atom stereocenters. The molecule has 0 saturated heterocycles. The first-order valence-corrected chi connectivity index (χ1v) is 12.0. The Bertz CT molecular complexity index is 846. The fourth-order valence-corrected chi connectivity index (χ4v) is 4.63. The maximum Gasteiger partial charge on any atom is 0.196 e. The van der Waals surface area contributed by atoms with Crippen molar-refractivity contribution in [3.63, 3.8) is 0 Å². The molecular formula is C27H34O4. The minimum absolute atomic E-state index is 0.0446. The highest BCUT2D eigenvalue weighted by Crippen LogP contribution is 2.31. The summed E-state index contributed by atoms with van der Waals surface area (Å²) in [4.78, 5) is 13.2. The zero-order chi connectivity index (χ0) is 21.5. The van der Waals surface area contributed by atoms with Crippen LogP contribution in [0.4, 0.5) is 0 Å². The lowest BCUT2D eigenvalue weighted by Gasteiger charge is -2.23. The van der Waals surface area contributed by atoms with Gasteiger partial charge in [0.05, 0.1) is 24.4 Å². The van der Waals surface area contributed by atoms with Crippen molar-refractivity contribution < 1.29 is 19.0 Å². The summed E-state index contributed by atoms with van der Waals surface area (Å²) in [5.41, 5.74) is 1.21. The predicted molar refractivity (Wildman–Crippen MR) is 122 cm³/mol. The zero-order valence-corrected chi connectivity index (χ0v) is 18.6. The van der Waals surface area contributed by atoms with Gasteiger partial charge >= 0.3 is 0 Å². The van der Waals surface area contributed by atoms with E-state index in [9.17, 15) is 4.79 Å². The molecule has 0 spiro atoms. The largest absolute Gasteiger partial charge is 0.493 e. The Labute approximate surface area is 185 Å². The molecule has 4 nitrogen and oxygen atoms in total. The summed E-state index contributed by atoms with van der Waals surface area (Å²) < 4.78 is 18.1. The molecule has 2 saturated carbocycles. The number of benzene rings is 2. The highest BCUT2D eigenvalue weighted by atomic mass is 16.5. The van der Waals surface area contributed by atoms with Crippen molar-refractivity contribution in [1.82, 2.24) is 0 Å². The van der Waals surface area contributed by atoms with E-state index in [1.807, 2.05) is 49.4 Å². The van der Waals surface area contributed by atoms with Gasteiger partial charge in [0.1, 0.15) is 17.2 Å². The zero-order valence-electron chi connectivity index (χ0n) is 18.6. The molecule has 0 N–H and O–H groups in total. The minimum Gasteiger partial charge on any atom is -0.493 e. The SMILES string of the molecule is CCOc1cc(OC2CCCCC2)ccc1C(=O)c1ccc(OC2CCCCC2)cc1. The van der Waals surface area contributed by atoms with Gasteiger partial charge in [0.25, 0.3) is 0 Å². The quantitative estimate of drug-likeness (QED) is 0.442. The van der Waals surface area contributed by atoms with Gasteiger partial charge in [0, 0.05) is 11.6 Å². The normalized spacial score (nSPS) is 17.8. The summed E-state index contributed by atoms with van der Waals surface area (Å²) in [7, 11) is 0. The van der Waals surface area contributed by atoms with Crippen LogP contribution in [0.2, 0.25) is 0 Å². The van der Waals surface area contributed by atoms with Gasteiger partial charge in [-0.05, 0) is 94.7 Å². The van der Waals surface area contributed by atoms with E-state index in [0.717, 1.165) is 37.2 Å². The van der Waals surface area contributed by atoms with E-state index in [-0.39, 0.29) is 11.9 Å². The Kier molecular flexibility index (Phi) is 7.50. The third-order valence-electron chi connectivity index (χ3n) is 6.32. The molecule has 166 valence electrons. The lowest BCUT2D eigenvalue weighted by Crippen LogP contribution is -2.19. The second-order valence-corrected chi connectivity index (χ2v) is 8.70. The minimum atomic E-state index is -0.0446. The van der Waals surface area contributed by atoms with Crippen LogP contribution < -0.4 is 14.2 Å². The fraction of sp³-hybridized carbons (Fsp3) is 0.519. The van der Waals surface area contributed by atoms with E-state index >= 15 is 0 Å². The second-order valence-electron chi connectivity index (χ2n) is 8.70. The molecule has 4 heteroatoms. The van der Waals surface area contributed by atoms with Crippen LogP contribution in [0.5, 0.6) is 17.2 Å². The standard InChI is InChI=1S/C27H34O4/c1-2-29-26-19-24(31-22-11-7-4-8-12-22)17-18-25(26)27(28)20-13-15-23(16-14-20)30-21-9-5-3-6-10-21/h13-19,21-22H,2-12H2,1H3. The highest BCUT2D eigenvalue weighted by molar-refractivity contribution is 6.10. The summed E-state index contributed by atoms with van der Waals surface area (Å²) in [5, 5.41) is 0. The molecule has 2 fully saturated rings. The molecule has 2 aromatic carbocycles. The maximum atomic E-state index is 13.2. The third kappa shape index (κ3) is 5.81. The first kappa shape index (κ1) is 21.7. The van der Waals surface area contributed by atoms with Gasteiger partial charge in [-0.3, -0.25) is 4.79 Å². The number of carbonyl (C=O) groups excluding carboxylic acids is 1. The van der Waals surface area contributed by atoms with Crippen LogP contribution in [0.25, 0.3) is 0 Å². The Hall–Kier alpha value is -2.49. The van der Waals surface area contributed by atoms with Crippen molar-refractivity contribution in [1.29, 1.82) is 0 Å². The van der Waals surface area contributed by atoms with Crippen LogP contribution in [0, 0.1) is 0 Å². The topological polar surface area (TPSA) is 44.8 Å². The van der Waals surface area contributed by atoms with Gasteiger partial charge in [-0.1, -0.05) is 12.8 Å². The molecule has 2 aliphatic rings. The summed E-state index contributed by atoms with van der Waals surface area (Å²) >= 11 is 0. The Morgan fingerprint density at radius 2 is 1.32 bits per heavy atom. The highest BCUT2D eigenvalue weighted by Gasteiger charge is 2.20. The Balaban J connectivity index is 1.46. The Morgan fingerprint density at radius 1 is 0.774 bits per heavy atom. The van der Waals surface area contributed by atoms with Crippen LogP contribution in [-0.2, 0) is 0 Å². The van der Waals surface area contributed by atoms with Crippen LogP contribution in [0.15, 0.2) is 42.5 Å². The van der Waals surface area contributed by atoms with Gasteiger partial charge < -0.3 is 14.2 Å². The van der Waals surface area contributed by atoms with Crippen molar-refractivity contribution in [2.75, 3.05) is 6.61 Å². The fourth-order valence-electron chi connectivity index (χ4n) is 4.63. The molecule has 31 heavy (non-hydrogen) atoms. The first-order valence-electron chi connectivity index (χ1n) is 12.0. The summed E-state index contributed by atoms with van der Waals surface area (Å²) in [6.45, 7) is 2.43. The molecule has 0 unspecified atom stereocenters. The average molecular weight is 423 g/mol. The van der Waals surface area contributed by atoms with Gasteiger partial charge in [-0.25, -0.2) is 0 Å². The number of hydrogen-bond donors (Lipinski definition) is 0. The van der Waals surface area contributed by atoms with E-state index in [1.165, 1.54) is 38.5 Å². The smallest absolute Gasteiger partial charge is 0.196 e. The molecule has 2 aliphatic carbocycles. The van der Waals surface area contributed by atoms with Gasteiger partial charge in [-0.15, -0.1) is 0 Å². The monoisotopic (exact) mass is 422 g/mol. The average Bonchev–Trinajstić information content (AvgIpc) is 2.81. The van der Waals surface area contributed by atoms with E-state index < -0.39 is 0 Å². The van der Waals surface area contributed by atoms with E-state index in [2.05, 4.69) is 0 Å². The Morgan fingerprint density at radius 3 is 1.90 bits per heavy atom. The molecule has 0 amide bonds. The van der Waals surface area contributed by atoms with Crippen molar-refractivity contribution >= 4 is 5.78 Å². The molecule has 0 heterocycles. The summed E-state index contributed by atoms with van der Waals surface area (Å²) in [5.74, 6) is 2.16. The number of hydrogen-bond acceptors (Lipinski definition) is 4. The van der Waals surface area contributed by atoms with Gasteiger partial charge in [-0.2, -0.15) is 0 Å². The summed E-state index contributed by atoms with van der Waals surface area (Å²) in [6.07, 6.45) is 12.5. The molecule has 0 aromatic heterocycles. The van der Waals surface area contributed by atoms with Crippen molar-refractivity contribution in [2.24, 2.45) is 0 Å². The summed E-state index contributed by atoms with van der Waals surface area (Å²) in [6, 6.07) is 13.1. The lowest BCUT2D eigenvalue weighted by atomic mass is 9.97. The van der Waals surface area contributed by atoms with E-state index in [0.29, 0.717) is 29.6 Å². The van der Waals surface area contributed by atoms with E-state index in [1.54, 1.807) is 0 Å². The number of ketones is 1. The molecule has 4 rings (SSSR count). The molecule has 0 bridgehead atoms. The predicted octanol–water partition coefficient (Wildman–Crippen LogP) is 6.74. The van der Waals surface area contributed by atoms with Crippen molar-refractivity contribution in [2.45, 2.75) is 83.3 Å². The van der Waals surface area contributed by atoms with Gasteiger partial charge in [0.15, 0.2) is 5.78 Å². The van der Waals surface area contributed by atoms with Crippen LogP contribution in [-0.4, -0.2) is 24.6 Å². The number of carbonyl (C=O) groups is 1. The van der Waals surface area contributed by atoms with Gasteiger partial charge in [0.2, 0.25) is 0 Å². The number of rotatable bonds is 8. The first-order chi connectivity index (χ1) is 15.2. The molecule has 0 radical (unpaired) electrons. The third-order valence-corrected chi connectivity index (χ3v) is 6.32. The van der Waals surface area contributed by atoms with E-state index in [4.69, 9.17) is 14.2 Å². The second kappa shape index (κ2) is 10.7.